The lowest BCUT2D eigenvalue weighted by atomic mass is 10.2. The third kappa shape index (κ3) is 4.10. The van der Waals surface area contributed by atoms with Gasteiger partial charge in [-0.05, 0) is 32.7 Å². The predicted octanol–water partition coefficient (Wildman–Crippen LogP) is 0.748. The monoisotopic (exact) mass is 228 g/mol. The van der Waals surface area contributed by atoms with Crippen LogP contribution < -0.4 is 5.32 Å². The molecular weight excluding hydrogens is 204 g/mol. The SMILES string of the molecule is CCCC(C)NC(=O)CN1CCC[C@H]1CO. The van der Waals surface area contributed by atoms with Gasteiger partial charge in [0, 0.05) is 12.1 Å². The van der Waals surface area contributed by atoms with Crippen LogP contribution in [0.15, 0.2) is 0 Å². The van der Waals surface area contributed by atoms with E-state index in [0.717, 1.165) is 32.2 Å². The smallest absolute Gasteiger partial charge is 0.234 e. The molecular formula is C12H24N2O2. The van der Waals surface area contributed by atoms with E-state index in [0.29, 0.717) is 6.54 Å². The van der Waals surface area contributed by atoms with E-state index in [2.05, 4.69) is 17.1 Å². The lowest BCUT2D eigenvalue weighted by Crippen LogP contribution is -2.43. The molecule has 16 heavy (non-hydrogen) atoms. The number of likely N-dealkylation sites (tertiary alicyclic amines) is 1. The van der Waals surface area contributed by atoms with Gasteiger partial charge in [-0.15, -0.1) is 0 Å². The Morgan fingerprint density at radius 2 is 2.38 bits per heavy atom. The van der Waals surface area contributed by atoms with Crippen LogP contribution in [0.5, 0.6) is 0 Å². The molecule has 0 aliphatic carbocycles. The molecule has 0 spiro atoms. The molecule has 0 aromatic heterocycles. The van der Waals surface area contributed by atoms with Gasteiger partial charge in [-0.2, -0.15) is 0 Å². The van der Waals surface area contributed by atoms with E-state index in [1.54, 1.807) is 0 Å². The highest BCUT2D eigenvalue weighted by atomic mass is 16.3. The Labute approximate surface area is 98.0 Å². The minimum atomic E-state index is 0.0845. The minimum absolute atomic E-state index is 0.0845. The van der Waals surface area contributed by atoms with E-state index in [-0.39, 0.29) is 24.6 Å². The number of amides is 1. The average molecular weight is 228 g/mol. The number of nitrogens with one attached hydrogen (secondary N) is 1. The maximum absolute atomic E-state index is 11.7. The molecule has 1 heterocycles. The van der Waals surface area contributed by atoms with Gasteiger partial charge in [-0.25, -0.2) is 0 Å². The maximum atomic E-state index is 11.7. The summed E-state index contributed by atoms with van der Waals surface area (Å²) in [6.45, 7) is 5.68. The van der Waals surface area contributed by atoms with Crippen molar-refractivity contribution in [2.45, 2.75) is 51.6 Å². The van der Waals surface area contributed by atoms with E-state index >= 15 is 0 Å². The quantitative estimate of drug-likeness (QED) is 0.705. The normalized spacial score (nSPS) is 23.3. The Bertz CT molecular complexity index is 221. The number of aliphatic hydroxyl groups excluding tert-OH is 1. The van der Waals surface area contributed by atoms with Crippen molar-refractivity contribution in [2.75, 3.05) is 19.7 Å². The zero-order valence-corrected chi connectivity index (χ0v) is 10.4. The zero-order valence-electron chi connectivity index (χ0n) is 10.4. The second-order valence-corrected chi connectivity index (χ2v) is 4.71. The highest BCUT2D eigenvalue weighted by Crippen LogP contribution is 2.15. The van der Waals surface area contributed by atoms with Crippen molar-refractivity contribution < 1.29 is 9.90 Å². The Kier molecular flexibility index (Phi) is 5.77. The highest BCUT2D eigenvalue weighted by molar-refractivity contribution is 5.78. The first-order valence-electron chi connectivity index (χ1n) is 6.31. The summed E-state index contributed by atoms with van der Waals surface area (Å²) in [5, 5.41) is 12.1. The van der Waals surface area contributed by atoms with Crippen molar-refractivity contribution in [1.29, 1.82) is 0 Å². The molecule has 94 valence electrons. The first kappa shape index (κ1) is 13.5. The van der Waals surface area contributed by atoms with Crippen LogP contribution in [0, 0.1) is 0 Å². The van der Waals surface area contributed by atoms with Gasteiger partial charge < -0.3 is 10.4 Å². The van der Waals surface area contributed by atoms with Crippen LogP contribution in [0.1, 0.15) is 39.5 Å². The van der Waals surface area contributed by atoms with Crippen LogP contribution in [0.3, 0.4) is 0 Å². The standard InChI is InChI=1S/C12H24N2O2/c1-3-5-10(2)13-12(16)8-14-7-4-6-11(14)9-15/h10-11,15H,3-9H2,1-2H3,(H,13,16)/t10?,11-/m0/s1. The Balaban J connectivity index is 2.28. The van der Waals surface area contributed by atoms with Crippen LogP contribution in [0.25, 0.3) is 0 Å². The Morgan fingerprint density at radius 3 is 3.00 bits per heavy atom. The second-order valence-electron chi connectivity index (χ2n) is 4.71. The van der Waals surface area contributed by atoms with Gasteiger partial charge in [-0.1, -0.05) is 13.3 Å². The van der Waals surface area contributed by atoms with Gasteiger partial charge in [0.25, 0.3) is 0 Å². The molecule has 0 aromatic carbocycles. The van der Waals surface area contributed by atoms with E-state index in [4.69, 9.17) is 5.11 Å². The van der Waals surface area contributed by atoms with Crippen molar-refractivity contribution in [3.63, 3.8) is 0 Å². The molecule has 1 aliphatic rings. The summed E-state index contributed by atoms with van der Waals surface area (Å²) in [6.07, 6.45) is 4.21. The van der Waals surface area contributed by atoms with Crippen LogP contribution in [0.4, 0.5) is 0 Å². The summed E-state index contributed by atoms with van der Waals surface area (Å²) in [4.78, 5) is 13.8. The predicted molar refractivity (Wildman–Crippen MR) is 64.2 cm³/mol. The molecule has 1 rings (SSSR count). The Hall–Kier alpha value is -0.610. The first-order valence-corrected chi connectivity index (χ1v) is 6.31. The fraction of sp³-hybridized carbons (Fsp3) is 0.917. The molecule has 0 saturated carbocycles. The van der Waals surface area contributed by atoms with Crippen molar-refractivity contribution in [3.05, 3.63) is 0 Å². The number of aliphatic hydroxyl groups is 1. The van der Waals surface area contributed by atoms with E-state index in [1.807, 2.05) is 6.92 Å². The number of hydrogen-bond acceptors (Lipinski definition) is 3. The van der Waals surface area contributed by atoms with Gasteiger partial charge in [0.15, 0.2) is 0 Å². The molecule has 2 N–H and O–H groups in total. The number of hydrogen-bond donors (Lipinski definition) is 2. The molecule has 0 bridgehead atoms. The van der Waals surface area contributed by atoms with Crippen molar-refractivity contribution in [1.82, 2.24) is 10.2 Å². The molecule has 1 fully saturated rings. The third-order valence-electron chi connectivity index (χ3n) is 3.19. The number of rotatable bonds is 6. The maximum Gasteiger partial charge on any atom is 0.234 e. The lowest BCUT2D eigenvalue weighted by molar-refractivity contribution is -0.123. The molecule has 0 aromatic rings. The number of carbonyl (C=O) groups excluding carboxylic acids is 1. The van der Waals surface area contributed by atoms with E-state index in [1.165, 1.54) is 0 Å². The number of nitrogens with zero attached hydrogens (tertiary/aromatic N) is 1. The van der Waals surface area contributed by atoms with Crippen molar-refractivity contribution in [2.24, 2.45) is 0 Å². The van der Waals surface area contributed by atoms with Crippen LogP contribution in [-0.4, -0.2) is 47.7 Å². The van der Waals surface area contributed by atoms with Crippen LogP contribution in [-0.2, 0) is 4.79 Å². The lowest BCUT2D eigenvalue weighted by Gasteiger charge is -2.23. The third-order valence-corrected chi connectivity index (χ3v) is 3.19. The fourth-order valence-corrected chi connectivity index (χ4v) is 2.32. The number of carbonyl (C=O) groups is 1. The molecule has 0 radical (unpaired) electrons. The first-order chi connectivity index (χ1) is 7.67. The molecule has 1 amide bonds. The summed E-state index contributed by atoms with van der Waals surface area (Å²) < 4.78 is 0. The molecule has 4 nitrogen and oxygen atoms in total. The second kappa shape index (κ2) is 6.86. The van der Waals surface area contributed by atoms with Gasteiger partial charge in [0.1, 0.15) is 0 Å². The minimum Gasteiger partial charge on any atom is -0.395 e. The van der Waals surface area contributed by atoms with Crippen molar-refractivity contribution >= 4 is 5.91 Å². The largest absolute Gasteiger partial charge is 0.395 e. The zero-order chi connectivity index (χ0) is 12.0. The summed E-state index contributed by atoms with van der Waals surface area (Å²) in [5.74, 6) is 0.0845. The van der Waals surface area contributed by atoms with Crippen LogP contribution >= 0.6 is 0 Å². The average Bonchev–Trinajstić information content (AvgIpc) is 2.65. The molecule has 1 unspecified atom stereocenters. The topological polar surface area (TPSA) is 52.6 Å². The van der Waals surface area contributed by atoms with Gasteiger partial charge >= 0.3 is 0 Å². The van der Waals surface area contributed by atoms with E-state index < -0.39 is 0 Å². The van der Waals surface area contributed by atoms with Crippen molar-refractivity contribution in [3.8, 4) is 0 Å². The highest BCUT2D eigenvalue weighted by Gasteiger charge is 2.25. The van der Waals surface area contributed by atoms with Crippen LogP contribution in [0.2, 0.25) is 0 Å². The van der Waals surface area contributed by atoms with E-state index in [9.17, 15) is 4.79 Å². The molecule has 1 saturated heterocycles. The summed E-state index contributed by atoms with van der Waals surface area (Å²) >= 11 is 0. The molecule has 2 atom stereocenters. The molecule has 1 aliphatic heterocycles. The van der Waals surface area contributed by atoms with Gasteiger partial charge in [0.2, 0.25) is 5.91 Å². The summed E-state index contributed by atoms with van der Waals surface area (Å²) in [6, 6.07) is 0.444. The van der Waals surface area contributed by atoms with Gasteiger partial charge in [-0.3, -0.25) is 9.69 Å². The Morgan fingerprint density at radius 1 is 1.62 bits per heavy atom. The molecule has 4 heteroatoms. The van der Waals surface area contributed by atoms with Gasteiger partial charge in [0.05, 0.1) is 13.2 Å². The fourth-order valence-electron chi connectivity index (χ4n) is 2.32. The summed E-state index contributed by atoms with van der Waals surface area (Å²) in [7, 11) is 0. The summed E-state index contributed by atoms with van der Waals surface area (Å²) in [5.41, 5.74) is 0.